The molecule has 3 aromatic rings. The normalized spacial score (nSPS) is 20.0. The third-order valence-electron chi connectivity index (χ3n) is 5.94. The molecular formula is C26H21ClN2O4S. The number of anilines is 1. The molecule has 0 saturated heterocycles. The summed E-state index contributed by atoms with van der Waals surface area (Å²) in [4.78, 5) is 32.8. The number of ketones is 1. The number of Topliss-reactive ketones (excluding diaryl/α,β-unsaturated/α-hetero) is 1. The summed E-state index contributed by atoms with van der Waals surface area (Å²) in [7, 11) is 0. The van der Waals surface area contributed by atoms with E-state index in [0.29, 0.717) is 33.6 Å². The minimum Gasteiger partial charge on any atom is -0.503 e. The Labute approximate surface area is 205 Å². The van der Waals surface area contributed by atoms with E-state index in [1.807, 2.05) is 42.6 Å². The van der Waals surface area contributed by atoms with Gasteiger partial charge in [-0.1, -0.05) is 53.6 Å². The number of carbonyl (C=O) groups is 2. The van der Waals surface area contributed by atoms with Crippen LogP contribution in [-0.2, 0) is 14.3 Å². The quantitative estimate of drug-likeness (QED) is 0.477. The number of nitrogens with zero attached hydrogens (tertiary/aromatic N) is 2. The lowest BCUT2D eigenvalue weighted by atomic mass is 9.93. The van der Waals surface area contributed by atoms with Gasteiger partial charge in [0, 0.05) is 22.4 Å². The lowest BCUT2D eigenvalue weighted by Gasteiger charge is -2.25. The lowest BCUT2D eigenvalue weighted by molar-refractivity contribution is -0.124. The summed E-state index contributed by atoms with van der Waals surface area (Å²) in [5.41, 5.74) is 3.40. The summed E-state index contributed by atoms with van der Waals surface area (Å²) >= 11 is 7.36. The Morgan fingerprint density at radius 1 is 1.15 bits per heavy atom. The first-order chi connectivity index (χ1) is 16.3. The van der Waals surface area contributed by atoms with E-state index in [2.05, 4.69) is 4.98 Å². The van der Waals surface area contributed by atoms with Crippen molar-refractivity contribution in [3.05, 3.63) is 93.2 Å². The Morgan fingerprint density at radius 3 is 2.50 bits per heavy atom. The van der Waals surface area contributed by atoms with Crippen LogP contribution in [0.5, 0.6) is 0 Å². The van der Waals surface area contributed by atoms with E-state index >= 15 is 0 Å². The number of amides is 1. The SMILES string of the molecule is CC1=CCC(C(=O)C2=C(O)C(=O)N(c3nc(-c4ccc(C)cc4)cs3)C2c2ccc(Cl)cc2)O1. The first kappa shape index (κ1) is 22.4. The van der Waals surface area contributed by atoms with Crippen LogP contribution < -0.4 is 4.90 Å². The van der Waals surface area contributed by atoms with Gasteiger partial charge in [-0.2, -0.15) is 0 Å². The molecule has 5 rings (SSSR count). The summed E-state index contributed by atoms with van der Waals surface area (Å²) < 4.78 is 5.64. The Hall–Kier alpha value is -3.42. The molecule has 2 aliphatic rings. The number of aromatic nitrogens is 1. The zero-order valence-corrected chi connectivity index (χ0v) is 20.1. The summed E-state index contributed by atoms with van der Waals surface area (Å²) in [5.74, 6) is -1.02. The van der Waals surface area contributed by atoms with Gasteiger partial charge in [-0.15, -0.1) is 11.3 Å². The monoisotopic (exact) mass is 492 g/mol. The molecule has 1 amide bonds. The van der Waals surface area contributed by atoms with Crippen LogP contribution in [0.15, 0.2) is 77.1 Å². The molecule has 0 aliphatic carbocycles. The van der Waals surface area contributed by atoms with Crippen molar-refractivity contribution < 1.29 is 19.4 Å². The van der Waals surface area contributed by atoms with E-state index in [9.17, 15) is 14.7 Å². The highest BCUT2D eigenvalue weighted by Gasteiger charge is 2.47. The van der Waals surface area contributed by atoms with Crippen LogP contribution in [0.1, 0.15) is 30.5 Å². The van der Waals surface area contributed by atoms with Crippen molar-refractivity contribution in [1.29, 1.82) is 0 Å². The predicted molar refractivity (Wildman–Crippen MR) is 132 cm³/mol. The second kappa shape index (κ2) is 8.74. The molecule has 1 N–H and O–H groups in total. The van der Waals surface area contributed by atoms with Crippen LogP contribution in [0.25, 0.3) is 11.3 Å². The van der Waals surface area contributed by atoms with Gasteiger partial charge in [-0.25, -0.2) is 4.98 Å². The van der Waals surface area contributed by atoms with Crippen molar-refractivity contribution in [2.75, 3.05) is 4.90 Å². The van der Waals surface area contributed by atoms with Gasteiger partial charge < -0.3 is 9.84 Å². The Morgan fingerprint density at radius 2 is 1.85 bits per heavy atom. The zero-order chi connectivity index (χ0) is 24.0. The van der Waals surface area contributed by atoms with E-state index < -0.39 is 29.6 Å². The summed E-state index contributed by atoms with van der Waals surface area (Å²) in [6.45, 7) is 3.78. The maximum Gasteiger partial charge on any atom is 0.296 e. The number of hydrogen-bond donors (Lipinski definition) is 1. The maximum atomic E-state index is 13.4. The minimum atomic E-state index is -0.848. The van der Waals surface area contributed by atoms with Crippen molar-refractivity contribution in [3.8, 4) is 11.3 Å². The largest absolute Gasteiger partial charge is 0.503 e. The molecule has 2 aliphatic heterocycles. The van der Waals surface area contributed by atoms with Crippen molar-refractivity contribution >= 4 is 39.8 Å². The number of aliphatic hydroxyl groups excluding tert-OH is 1. The number of thiazole rings is 1. The molecular weight excluding hydrogens is 472 g/mol. The smallest absolute Gasteiger partial charge is 0.296 e. The number of allylic oxidation sites excluding steroid dienone is 1. The van der Waals surface area contributed by atoms with Gasteiger partial charge in [0.15, 0.2) is 17.0 Å². The first-order valence-electron chi connectivity index (χ1n) is 10.8. The molecule has 0 bridgehead atoms. The van der Waals surface area contributed by atoms with E-state index in [4.69, 9.17) is 16.3 Å². The molecule has 0 saturated carbocycles. The molecule has 172 valence electrons. The van der Waals surface area contributed by atoms with Gasteiger partial charge in [0.2, 0.25) is 5.78 Å². The molecule has 2 atom stereocenters. The fourth-order valence-corrected chi connectivity index (χ4v) is 5.16. The number of hydrogen-bond acceptors (Lipinski definition) is 6. The van der Waals surface area contributed by atoms with Crippen LogP contribution in [-0.4, -0.2) is 27.9 Å². The van der Waals surface area contributed by atoms with E-state index in [1.54, 1.807) is 31.2 Å². The second-order valence-corrected chi connectivity index (χ2v) is 9.57. The number of benzene rings is 2. The van der Waals surface area contributed by atoms with Crippen molar-refractivity contribution in [2.45, 2.75) is 32.4 Å². The van der Waals surface area contributed by atoms with Gasteiger partial charge in [-0.3, -0.25) is 14.5 Å². The Bertz CT molecular complexity index is 1340. The summed E-state index contributed by atoms with van der Waals surface area (Å²) in [6.07, 6.45) is 1.43. The highest BCUT2D eigenvalue weighted by molar-refractivity contribution is 7.14. The van der Waals surface area contributed by atoms with Crippen molar-refractivity contribution in [2.24, 2.45) is 0 Å². The molecule has 34 heavy (non-hydrogen) atoms. The standard InChI is InChI=1S/C26H21ClN2O4S/c1-14-3-6-16(7-4-14)19-13-34-26(28-19)29-22(17-8-10-18(27)11-9-17)21(24(31)25(29)32)23(30)20-12-5-15(2)33-20/h3-11,13,20,22,31H,12H2,1-2H3. The molecule has 2 unspecified atom stereocenters. The van der Waals surface area contributed by atoms with Gasteiger partial charge in [0.05, 0.1) is 23.1 Å². The lowest BCUT2D eigenvalue weighted by Crippen LogP contribution is -2.32. The first-order valence-corrected chi connectivity index (χ1v) is 12.0. The Balaban J connectivity index is 1.57. The zero-order valence-electron chi connectivity index (χ0n) is 18.5. The fraction of sp³-hybridized carbons (Fsp3) is 0.192. The third kappa shape index (κ3) is 3.91. The minimum absolute atomic E-state index is 0.00695. The molecule has 1 aromatic heterocycles. The van der Waals surface area contributed by atoms with Crippen LogP contribution in [0.4, 0.5) is 5.13 Å². The number of ether oxygens (including phenoxy) is 1. The highest BCUT2D eigenvalue weighted by Crippen LogP contribution is 2.44. The average molecular weight is 493 g/mol. The maximum absolute atomic E-state index is 13.4. The number of aliphatic hydroxyl groups is 1. The van der Waals surface area contributed by atoms with Gasteiger partial charge in [0.1, 0.15) is 0 Å². The highest BCUT2D eigenvalue weighted by atomic mass is 35.5. The van der Waals surface area contributed by atoms with Gasteiger partial charge >= 0.3 is 0 Å². The molecule has 2 aromatic carbocycles. The number of halogens is 1. The molecule has 3 heterocycles. The predicted octanol–water partition coefficient (Wildman–Crippen LogP) is 5.93. The average Bonchev–Trinajstić information content (AvgIpc) is 3.54. The topological polar surface area (TPSA) is 79.7 Å². The molecule has 0 spiro atoms. The molecule has 0 fully saturated rings. The number of carbonyl (C=O) groups excluding carboxylic acids is 2. The fourth-order valence-electron chi connectivity index (χ4n) is 4.17. The van der Waals surface area contributed by atoms with Crippen molar-refractivity contribution in [3.63, 3.8) is 0 Å². The molecule has 6 nitrogen and oxygen atoms in total. The summed E-state index contributed by atoms with van der Waals surface area (Å²) in [6, 6.07) is 13.9. The van der Waals surface area contributed by atoms with E-state index in [0.717, 1.165) is 11.1 Å². The summed E-state index contributed by atoms with van der Waals surface area (Å²) in [5, 5.41) is 13.6. The van der Waals surface area contributed by atoms with Crippen LogP contribution >= 0.6 is 22.9 Å². The van der Waals surface area contributed by atoms with Gasteiger partial charge in [0.25, 0.3) is 5.91 Å². The number of rotatable bonds is 5. The van der Waals surface area contributed by atoms with E-state index in [1.165, 1.54) is 16.2 Å². The van der Waals surface area contributed by atoms with Crippen molar-refractivity contribution in [1.82, 2.24) is 4.98 Å². The van der Waals surface area contributed by atoms with Crippen LogP contribution in [0, 0.1) is 6.92 Å². The second-order valence-electron chi connectivity index (χ2n) is 8.29. The number of aryl methyl sites for hydroxylation is 1. The molecule has 8 heteroatoms. The third-order valence-corrected chi connectivity index (χ3v) is 7.04. The van der Waals surface area contributed by atoms with Gasteiger partial charge in [-0.05, 0) is 37.6 Å². The Kier molecular flexibility index (Phi) is 5.75. The molecule has 0 radical (unpaired) electrons. The van der Waals surface area contributed by atoms with Crippen LogP contribution in [0.3, 0.4) is 0 Å². The van der Waals surface area contributed by atoms with E-state index in [-0.39, 0.29) is 5.57 Å². The van der Waals surface area contributed by atoms with Crippen LogP contribution in [0.2, 0.25) is 5.02 Å².